The highest BCUT2D eigenvalue weighted by molar-refractivity contribution is 6.30. The summed E-state index contributed by atoms with van der Waals surface area (Å²) in [6, 6.07) is 6.28. The zero-order valence-corrected chi connectivity index (χ0v) is 12.1. The van der Waals surface area contributed by atoms with Crippen molar-refractivity contribution in [3.05, 3.63) is 28.8 Å². The summed E-state index contributed by atoms with van der Waals surface area (Å²) in [7, 11) is 1.78. The lowest BCUT2D eigenvalue weighted by Crippen LogP contribution is -2.38. The third kappa shape index (κ3) is 4.31. The summed E-state index contributed by atoms with van der Waals surface area (Å²) >= 11 is 5.98. The predicted octanol–water partition coefficient (Wildman–Crippen LogP) is 2.57. The normalized spacial score (nSPS) is 15.2. The van der Waals surface area contributed by atoms with Crippen LogP contribution < -0.4 is 15.4 Å². The molecule has 4 nitrogen and oxygen atoms in total. The first-order chi connectivity index (χ1) is 9.22. The van der Waals surface area contributed by atoms with Crippen molar-refractivity contribution in [3.63, 3.8) is 0 Å². The standard InChI is InChI=1S/C14H20ClN3O/c1-3-19-13-8-11(15)5-4-10(13)9-17-14(16-2)18-12-6-7-12/h4-5,8,12H,3,6-7,9H2,1-2H3,(H2,16,17,18). The van der Waals surface area contributed by atoms with Gasteiger partial charge in [-0.25, -0.2) is 0 Å². The molecule has 5 heteroatoms. The van der Waals surface area contributed by atoms with Gasteiger partial charge in [0, 0.05) is 30.2 Å². The molecule has 104 valence electrons. The van der Waals surface area contributed by atoms with Crippen LogP contribution in [0.3, 0.4) is 0 Å². The first-order valence-corrected chi connectivity index (χ1v) is 6.99. The maximum Gasteiger partial charge on any atom is 0.191 e. The van der Waals surface area contributed by atoms with E-state index in [1.807, 2.05) is 25.1 Å². The lowest BCUT2D eigenvalue weighted by molar-refractivity contribution is 0.336. The summed E-state index contributed by atoms with van der Waals surface area (Å²) in [4.78, 5) is 4.20. The van der Waals surface area contributed by atoms with Crippen LogP contribution in [0.4, 0.5) is 0 Å². The maximum atomic E-state index is 5.98. The van der Waals surface area contributed by atoms with Crippen LogP contribution in [0.25, 0.3) is 0 Å². The van der Waals surface area contributed by atoms with Gasteiger partial charge in [0.05, 0.1) is 6.61 Å². The molecule has 0 heterocycles. The molecule has 2 rings (SSSR count). The first-order valence-electron chi connectivity index (χ1n) is 6.61. The van der Waals surface area contributed by atoms with E-state index >= 15 is 0 Å². The molecule has 19 heavy (non-hydrogen) atoms. The van der Waals surface area contributed by atoms with Gasteiger partial charge in [0.25, 0.3) is 0 Å². The van der Waals surface area contributed by atoms with Crippen molar-refractivity contribution in [2.24, 2.45) is 4.99 Å². The van der Waals surface area contributed by atoms with Crippen LogP contribution in [-0.2, 0) is 6.54 Å². The fraction of sp³-hybridized carbons (Fsp3) is 0.500. The molecule has 1 fully saturated rings. The van der Waals surface area contributed by atoms with Crippen LogP contribution in [0.15, 0.2) is 23.2 Å². The monoisotopic (exact) mass is 281 g/mol. The Balaban J connectivity index is 1.97. The molecule has 1 aliphatic carbocycles. The zero-order valence-electron chi connectivity index (χ0n) is 11.4. The van der Waals surface area contributed by atoms with E-state index in [-0.39, 0.29) is 0 Å². The van der Waals surface area contributed by atoms with Gasteiger partial charge in [0.15, 0.2) is 5.96 Å². The Bertz CT molecular complexity index is 458. The molecule has 1 aromatic rings. The second-order valence-corrected chi connectivity index (χ2v) is 4.97. The number of ether oxygens (including phenoxy) is 1. The molecule has 0 aliphatic heterocycles. The van der Waals surface area contributed by atoms with E-state index in [0.29, 0.717) is 24.2 Å². The molecule has 0 atom stereocenters. The molecule has 0 bridgehead atoms. The summed E-state index contributed by atoms with van der Waals surface area (Å²) in [5, 5.41) is 7.32. The van der Waals surface area contributed by atoms with Crippen molar-refractivity contribution >= 4 is 17.6 Å². The van der Waals surface area contributed by atoms with E-state index < -0.39 is 0 Å². The van der Waals surface area contributed by atoms with Gasteiger partial charge in [-0.2, -0.15) is 0 Å². The lowest BCUT2D eigenvalue weighted by atomic mass is 10.2. The number of nitrogens with zero attached hydrogens (tertiary/aromatic N) is 1. The van der Waals surface area contributed by atoms with Crippen LogP contribution >= 0.6 is 11.6 Å². The van der Waals surface area contributed by atoms with E-state index in [0.717, 1.165) is 17.3 Å². The van der Waals surface area contributed by atoms with Gasteiger partial charge in [0.2, 0.25) is 0 Å². The van der Waals surface area contributed by atoms with E-state index in [1.165, 1.54) is 12.8 Å². The van der Waals surface area contributed by atoms with E-state index in [4.69, 9.17) is 16.3 Å². The quantitative estimate of drug-likeness (QED) is 0.644. The fourth-order valence-corrected chi connectivity index (χ4v) is 1.92. The van der Waals surface area contributed by atoms with E-state index in [2.05, 4.69) is 15.6 Å². The number of rotatable bonds is 5. The minimum Gasteiger partial charge on any atom is -0.493 e. The Morgan fingerprint density at radius 3 is 2.89 bits per heavy atom. The Hall–Kier alpha value is -1.42. The molecule has 0 amide bonds. The third-order valence-electron chi connectivity index (χ3n) is 2.92. The topological polar surface area (TPSA) is 45.6 Å². The van der Waals surface area contributed by atoms with Gasteiger partial charge in [-0.1, -0.05) is 17.7 Å². The SMILES string of the molecule is CCOc1cc(Cl)ccc1CNC(=NC)NC1CC1. The summed E-state index contributed by atoms with van der Waals surface area (Å²) in [6.07, 6.45) is 2.46. The van der Waals surface area contributed by atoms with Gasteiger partial charge in [-0.3, -0.25) is 4.99 Å². The molecule has 0 aromatic heterocycles. The Morgan fingerprint density at radius 1 is 1.47 bits per heavy atom. The van der Waals surface area contributed by atoms with Crippen molar-refractivity contribution in [3.8, 4) is 5.75 Å². The highest BCUT2D eigenvalue weighted by Crippen LogP contribution is 2.23. The van der Waals surface area contributed by atoms with Gasteiger partial charge in [-0.05, 0) is 31.9 Å². The number of hydrogen-bond acceptors (Lipinski definition) is 2. The van der Waals surface area contributed by atoms with Crippen LogP contribution in [0.5, 0.6) is 5.75 Å². The summed E-state index contributed by atoms with van der Waals surface area (Å²) in [5.41, 5.74) is 1.07. The minimum absolute atomic E-state index is 0.586. The summed E-state index contributed by atoms with van der Waals surface area (Å²) < 4.78 is 5.59. The highest BCUT2D eigenvalue weighted by atomic mass is 35.5. The van der Waals surface area contributed by atoms with Gasteiger partial charge >= 0.3 is 0 Å². The number of guanidine groups is 1. The fourth-order valence-electron chi connectivity index (χ4n) is 1.76. The molecule has 2 N–H and O–H groups in total. The molecule has 0 radical (unpaired) electrons. The van der Waals surface area contributed by atoms with Crippen LogP contribution in [0.2, 0.25) is 5.02 Å². The highest BCUT2D eigenvalue weighted by Gasteiger charge is 2.22. The molecule has 1 aliphatic rings. The molecule has 0 unspecified atom stereocenters. The smallest absolute Gasteiger partial charge is 0.191 e. The second kappa shape index (κ2) is 6.66. The number of nitrogens with one attached hydrogen (secondary N) is 2. The van der Waals surface area contributed by atoms with E-state index in [9.17, 15) is 0 Å². The van der Waals surface area contributed by atoms with Crippen molar-refractivity contribution in [2.45, 2.75) is 32.4 Å². The number of aliphatic imine (C=N–C) groups is 1. The van der Waals surface area contributed by atoms with Crippen molar-refractivity contribution < 1.29 is 4.74 Å². The largest absolute Gasteiger partial charge is 0.493 e. The van der Waals surface area contributed by atoms with Crippen LogP contribution in [0.1, 0.15) is 25.3 Å². The molecule has 1 saturated carbocycles. The lowest BCUT2D eigenvalue weighted by Gasteiger charge is -2.14. The van der Waals surface area contributed by atoms with Gasteiger partial charge < -0.3 is 15.4 Å². The average molecular weight is 282 g/mol. The summed E-state index contributed by atoms with van der Waals surface area (Å²) in [6.45, 7) is 3.26. The Kier molecular flexibility index (Phi) is 4.91. The second-order valence-electron chi connectivity index (χ2n) is 4.53. The summed E-state index contributed by atoms with van der Waals surface area (Å²) in [5.74, 6) is 1.66. The molecular formula is C14H20ClN3O. The first kappa shape index (κ1) is 14.0. The molecule has 1 aromatic carbocycles. The molecule has 0 spiro atoms. The number of benzene rings is 1. The molecular weight excluding hydrogens is 262 g/mol. The zero-order chi connectivity index (χ0) is 13.7. The number of hydrogen-bond donors (Lipinski definition) is 2. The van der Waals surface area contributed by atoms with Crippen molar-refractivity contribution in [1.82, 2.24) is 10.6 Å². The van der Waals surface area contributed by atoms with Crippen molar-refractivity contribution in [2.75, 3.05) is 13.7 Å². The number of halogens is 1. The predicted molar refractivity (Wildman–Crippen MR) is 79.0 cm³/mol. The van der Waals surface area contributed by atoms with Crippen LogP contribution in [0, 0.1) is 0 Å². The van der Waals surface area contributed by atoms with Gasteiger partial charge in [0.1, 0.15) is 5.75 Å². The van der Waals surface area contributed by atoms with Crippen LogP contribution in [-0.4, -0.2) is 25.7 Å². The Labute approximate surface area is 119 Å². The van der Waals surface area contributed by atoms with E-state index in [1.54, 1.807) is 7.05 Å². The van der Waals surface area contributed by atoms with Crippen molar-refractivity contribution in [1.29, 1.82) is 0 Å². The maximum absolute atomic E-state index is 5.98. The minimum atomic E-state index is 0.586. The molecule has 0 saturated heterocycles. The third-order valence-corrected chi connectivity index (χ3v) is 3.15. The Morgan fingerprint density at radius 2 is 2.26 bits per heavy atom. The van der Waals surface area contributed by atoms with Gasteiger partial charge in [-0.15, -0.1) is 0 Å². The average Bonchev–Trinajstić information content (AvgIpc) is 3.20.